The molecule has 32 heavy (non-hydrogen) atoms. The van der Waals surface area contributed by atoms with Gasteiger partial charge in [0.15, 0.2) is 0 Å². The van der Waals surface area contributed by atoms with E-state index in [0.717, 1.165) is 16.9 Å². The molecule has 2 amide bonds. The number of carbonyl (C=O) groups excluding carboxylic acids is 2. The second-order valence-corrected chi connectivity index (χ2v) is 9.12. The van der Waals surface area contributed by atoms with Crippen LogP contribution in [0.1, 0.15) is 17.5 Å². The molecular weight excluding hydrogens is 420 g/mol. The van der Waals surface area contributed by atoms with Crippen LogP contribution in [0.2, 0.25) is 0 Å². The highest BCUT2D eigenvalue weighted by molar-refractivity contribution is 7.08. The Bertz CT molecular complexity index is 1060. The molecule has 3 aromatic rings. The molecule has 2 heterocycles. The Morgan fingerprint density at radius 2 is 1.75 bits per heavy atom. The van der Waals surface area contributed by atoms with E-state index < -0.39 is 5.41 Å². The third-order valence-corrected chi connectivity index (χ3v) is 6.96. The van der Waals surface area contributed by atoms with Crippen LogP contribution in [0.4, 0.5) is 0 Å². The van der Waals surface area contributed by atoms with Crippen molar-refractivity contribution in [2.45, 2.75) is 19.3 Å². The standard InChI is InChI=1S/C26H28N2O3S/c1-27-25(30)26(16-20-3-7-21(8-4-20)22-11-14-32-17-22)12-13-28(18-26)24(29)15-19-5-9-23(31-2)10-6-19/h3-11,14,17H,12-13,15-16,18H2,1-2H3,(H,27,30)/t26-/m0/s1. The predicted molar refractivity (Wildman–Crippen MR) is 128 cm³/mol. The van der Waals surface area contributed by atoms with Crippen LogP contribution in [0.15, 0.2) is 65.4 Å². The maximum Gasteiger partial charge on any atom is 0.228 e. The number of methoxy groups -OCH3 is 1. The van der Waals surface area contributed by atoms with Gasteiger partial charge in [-0.25, -0.2) is 0 Å². The van der Waals surface area contributed by atoms with Gasteiger partial charge in [0.05, 0.1) is 18.9 Å². The molecule has 166 valence electrons. The van der Waals surface area contributed by atoms with Crippen LogP contribution < -0.4 is 10.1 Å². The highest BCUT2D eigenvalue weighted by Gasteiger charge is 2.45. The Labute approximate surface area is 193 Å². The van der Waals surface area contributed by atoms with Gasteiger partial charge in [0.1, 0.15) is 5.75 Å². The number of hydrogen-bond donors (Lipinski definition) is 1. The lowest BCUT2D eigenvalue weighted by atomic mass is 9.79. The van der Waals surface area contributed by atoms with E-state index in [0.29, 0.717) is 32.4 Å². The van der Waals surface area contributed by atoms with Crippen LogP contribution in [-0.4, -0.2) is 44.0 Å². The number of amides is 2. The van der Waals surface area contributed by atoms with Crippen molar-refractivity contribution in [1.29, 1.82) is 0 Å². The fourth-order valence-electron chi connectivity index (χ4n) is 4.42. The van der Waals surface area contributed by atoms with Gasteiger partial charge in [0, 0.05) is 20.1 Å². The highest BCUT2D eigenvalue weighted by Crippen LogP contribution is 2.35. The molecule has 2 aromatic carbocycles. The minimum atomic E-state index is -0.603. The summed E-state index contributed by atoms with van der Waals surface area (Å²) in [6.45, 7) is 1.03. The molecule has 1 aliphatic heterocycles. The fraction of sp³-hybridized carbons (Fsp3) is 0.308. The number of ether oxygens (including phenoxy) is 1. The Morgan fingerprint density at radius 1 is 1.03 bits per heavy atom. The molecule has 0 spiro atoms. The van der Waals surface area contributed by atoms with E-state index in [2.05, 4.69) is 46.4 Å². The van der Waals surface area contributed by atoms with Crippen molar-refractivity contribution < 1.29 is 14.3 Å². The first kappa shape index (κ1) is 22.1. The number of benzene rings is 2. The first-order valence-corrected chi connectivity index (χ1v) is 11.7. The van der Waals surface area contributed by atoms with E-state index in [-0.39, 0.29) is 11.8 Å². The van der Waals surface area contributed by atoms with Gasteiger partial charge in [0.25, 0.3) is 0 Å². The largest absolute Gasteiger partial charge is 0.497 e. The number of thiophene rings is 1. The number of rotatable bonds is 7. The molecule has 5 nitrogen and oxygen atoms in total. The van der Waals surface area contributed by atoms with Crippen molar-refractivity contribution >= 4 is 23.2 Å². The Morgan fingerprint density at radius 3 is 2.38 bits per heavy atom. The lowest BCUT2D eigenvalue weighted by molar-refractivity contribution is -0.132. The predicted octanol–water partition coefficient (Wildman–Crippen LogP) is 4.17. The molecule has 1 aromatic heterocycles. The van der Waals surface area contributed by atoms with Gasteiger partial charge in [-0.05, 0) is 64.1 Å². The van der Waals surface area contributed by atoms with E-state index >= 15 is 0 Å². The van der Waals surface area contributed by atoms with Gasteiger partial charge in [-0.15, -0.1) is 0 Å². The molecule has 1 aliphatic rings. The van der Waals surface area contributed by atoms with Crippen LogP contribution in [0, 0.1) is 5.41 Å². The normalized spacial score (nSPS) is 17.9. The minimum Gasteiger partial charge on any atom is -0.497 e. The van der Waals surface area contributed by atoms with Gasteiger partial charge >= 0.3 is 0 Å². The molecule has 1 atom stereocenters. The molecule has 0 aliphatic carbocycles. The van der Waals surface area contributed by atoms with Gasteiger partial charge in [-0.2, -0.15) is 11.3 Å². The van der Waals surface area contributed by atoms with Crippen LogP contribution in [0.3, 0.4) is 0 Å². The average Bonchev–Trinajstić information content (AvgIpc) is 3.51. The number of likely N-dealkylation sites (tertiary alicyclic amines) is 1. The first-order valence-electron chi connectivity index (χ1n) is 10.8. The molecule has 0 radical (unpaired) electrons. The number of carbonyl (C=O) groups is 2. The molecule has 0 bridgehead atoms. The smallest absolute Gasteiger partial charge is 0.228 e. The molecule has 1 N–H and O–H groups in total. The average molecular weight is 449 g/mol. The maximum atomic E-state index is 13.0. The topological polar surface area (TPSA) is 58.6 Å². The van der Waals surface area contributed by atoms with Crippen LogP contribution >= 0.6 is 11.3 Å². The van der Waals surface area contributed by atoms with Crippen molar-refractivity contribution in [3.63, 3.8) is 0 Å². The summed E-state index contributed by atoms with van der Waals surface area (Å²) in [5.74, 6) is 0.818. The Kier molecular flexibility index (Phi) is 6.61. The zero-order valence-corrected chi connectivity index (χ0v) is 19.3. The maximum absolute atomic E-state index is 13.0. The van der Waals surface area contributed by atoms with E-state index in [4.69, 9.17) is 4.74 Å². The Balaban J connectivity index is 1.46. The zero-order valence-electron chi connectivity index (χ0n) is 18.5. The van der Waals surface area contributed by atoms with Crippen molar-refractivity contribution in [2.75, 3.05) is 27.2 Å². The number of nitrogens with zero attached hydrogens (tertiary/aromatic N) is 1. The minimum absolute atomic E-state index is 0.000779. The van der Waals surface area contributed by atoms with E-state index in [9.17, 15) is 9.59 Å². The molecule has 1 fully saturated rings. The van der Waals surface area contributed by atoms with E-state index in [1.807, 2.05) is 29.2 Å². The summed E-state index contributed by atoms with van der Waals surface area (Å²) < 4.78 is 5.19. The first-order chi connectivity index (χ1) is 15.5. The summed E-state index contributed by atoms with van der Waals surface area (Å²) in [5.41, 5.74) is 3.83. The lowest BCUT2D eigenvalue weighted by Gasteiger charge is -2.28. The number of nitrogens with one attached hydrogen (secondary N) is 1. The second-order valence-electron chi connectivity index (χ2n) is 8.34. The van der Waals surface area contributed by atoms with Gasteiger partial charge < -0.3 is 15.0 Å². The molecule has 6 heteroatoms. The summed E-state index contributed by atoms with van der Waals surface area (Å²) in [7, 11) is 3.30. The zero-order chi connectivity index (χ0) is 22.6. The second kappa shape index (κ2) is 9.57. The summed E-state index contributed by atoms with van der Waals surface area (Å²) in [5, 5.41) is 7.03. The molecular formula is C26H28N2O3S. The Hall–Kier alpha value is -3.12. The third kappa shape index (κ3) is 4.70. The van der Waals surface area contributed by atoms with Crippen molar-refractivity contribution in [1.82, 2.24) is 10.2 Å². The molecule has 0 unspecified atom stereocenters. The summed E-state index contributed by atoms with van der Waals surface area (Å²) in [6, 6.07) is 18.1. The van der Waals surface area contributed by atoms with Crippen LogP contribution in [-0.2, 0) is 22.4 Å². The summed E-state index contributed by atoms with van der Waals surface area (Å²) in [4.78, 5) is 27.7. The van der Waals surface area contributed by atoms with Gasteiger partial charge in [-0.1, -0.05) is 36.4 Å². The van der Waals surface area contributed by atoms with E-state index in [1.54, 1.807) is 25.5 Å². The lowest BCUT2D eigenvalue weighted by Crippen LogP contribution is -2.44. The molecule has 4 rings (SSSR count). The van der Waals surface area contributed by atoms with E-state index in [1.165, 1.54) is 11.1 Å². The molecule has 0 saturated carbocycles. The summed E-state index contributed by atoms with van der Waals surface area (Å²) in [6.07, 6.45) is 1.60. The fourth-order valence-corrected chi connectivity index (χ4v) is 5.09. The van der Waals surface area contributed by atoms with Crippen LogP contribution in [0.25, 0.3) is 11.1 Å². The van der Waals surface area contributed by atoms with Crippen molar-refractivity contribution in [2.24, 2.45) is 5.41 Å². The summed E-state index contributed by atoms with van der Waals surface area (Å²) >= 11 is 1.68. The molecule has 1 saturated heterocycles. The van der Waals surface area contributed by atoms with Crippen LogP contribution in [0.5, 0.6) is 5.75 Å². The number of hydrogen-bond acceptors (Lipinski definition) is 4. The van der Waals surface area contributed by atoms with Gasteiger partial charge in [0.2, 0.25) is 11.8 Å². The quantitative estimate of drug-likeness (QED) is 0.590. The monoisotopic (exact) mass is 448 g/mol. The van der Waals surface area contributed by atoms with Crippen molar-refractivity contribution in [3.05, 3.63) is 76.5 Å². The SMILES string of the molecule is CNC(=O)[C@]1(Cc2ccc(-c3ccsc3)cc2)CCN(C(=O)Cc2ccc(OC)cc2)C1. The highest BCUT2D eigenvalue weighted by atomic mass is 32.1. The third-order valence-electron chi connectivity index (χ3n) is 6.28. The van der Waals surface area contributed by atoms with Crippen molar-refractivity contribution in [3.8, 4) is 16.9 Å². The van der Waals surface area contributed by atoms with Gasteiger partial charge in [-0.3, -0.25) is 9.59 Å².